The van der Waals surface area contributed by atoms with E-state index in [9.17, 15) is 4.79 Å². The number of thioether (sulfide) groups is 1. The molecule has 0 aliphatic carbocycles. The lowest BCUT2D eigenvalue weighted by molar-refractivity contribution is -0.139. The summed E-state index contributed by atoms with van der Waals surface area (Å²) in [5.41, 5.74) is 1.11. The van der Waals surface area contributed by atoms with Gasteiger partial charge in [-0.25, -0.2) is 0 Å². The van der Waals surface area contributed by atoms with Crippen LogP contribution in [-0.4, -0.2) is 23.4 Å². The average molecular weight is 253 g/mol. The minimum atomic E-state index is -0.792. The molecule has 2 atom stereocenters. The molecule has 0 amide bonds. The maximum atomic E-state index is 10.9. The summed E-state index contributed by atoms with van der Waals surface area (Å²) in [6.45, 7) is 3.86. The first-order valence-corrected chi connectivity index (χ1v) is 6.93. The Morgan fingerprint density at radius 3 is 2.41 bits per heavy atom. The maximum absolute atomic E-state index is 10.9. The molecular formula is C13H19NO2S. The number of hydrogen-bond donors (Lipinski definition) is 2. The van der Waals surface area contributed by atoms with Crippen molar-refractivity contribution in [3.63, 3.8) is 0 Å². The van der Waals surface area contributed by atoms with Gasteiger partial charge in [0.25, 0.3) is 0 Å². The molecule has 94 valence electrons. The molecule has 1 aromatic carbocycles. The molecule has 4 heteroatoms. The van der Waals surface area contributed by atoms with Gasteiger partial charge in [0.1, 0.15) is 6.04 Å². The third-order valence-electron chi connectivity index (χ3n) is 2.77. The van der Waals surface area contributed by atoms with Gasteiger partial charge in [-0.05, 0) is 37.3 Å². The molecule has 0 heterocycles. The second-order valence-electron chi connectivity index (χ2n) is 3.96. The molecule has 2 unspecified atom stereocenters. The predicted molar refractivity (Wildman–Crippen MR) is 71.5 cm³/mol. The highest BCUT2D eigenvalue weighted by Crippen LogP contribution is 2.19. The minimum absolute atomic E-state index is 0.0481. The van der Waals surface area contributed by atoms with Crippen LogP contribution in [0.5, 0.6) is 0 Å². The molecule has 0 saturated carbocycles. The van der Waals surface area contributed by atoms with Gasteiger partial charge < -0.3 is 5.11 Å². The summed E-state index contributed by atoms with van der Waals surface area (Å²) >= 11 is 1.70. The van der Waals surface area contributed by atoms with E-state index in [0.29, 0.717) is 6.42 Å². The Hall–Kier alpha value is -1.00. The van der Waals surface area contributed by atoms with Gasteiger partial charge in [0.15, 0.2) is 0 Å². The molecule has 0 aliphatic rings. The monoisotopic (exact) mass is 253 g/mol. The summed E-state index contributed by atoms with van der Waals surface area (Å²) in [7, 11) is 0. The zero-order chi connectivity index (χ0) is 12.8. The van der Waals surface area contributed by atoms with Crippen LogP contribution in [0.15, 0.2) is 29.2 Å². The van der Waals surface area contributed by atoms with E-state index >= 15 is 0 Å². The second kappa shape index (κ2) is 6.67. The number of carboxylic acid groups (broad SMARTS) is 1. The van der Waals surface area contributed by atoms with Crippen LogP contribution in [0, 0.1) is 0 Å². The van der Waals surface area contributed by atoms with Crippen molar-refractivity contribution in [3.05, 3.63) is 29.8 Å². The molecule has 0 fully saturated rings. The summed E-state index contributed by atoms with van der Waals surface area (Å²) in [5, 5.41) is 12.1. The van der Waals surface area contributed by atoms with Gasteiger partial charge >= 0.3 is 5.97 Å². The number of carbonyl (C=O) groups is 1. The highest BCUT2D eigenvalue weighted by atomic mass is 32.2. The first-order chi connectivity index (χ1) is 8.08. The number of benzene rings is 1. The molecule has 1 aromatic rings. The van der Waals surface area contributed by atoms with Gasteiger partial charge in [-0.2, -0.15) is 0 Å². The lowest BCUT2D eigenvalue weighted by Gasteiger charge is -2.19. The third kappa shape index (κ3) is 4.06. The van der Waals surface area contributed by atoms with Crippen molar-refractivity contribution in [2.24, 2.45) is 0 Å². The summed E-state index contributed by atoms with van der Waals surface area (Å²) in [5.74, 6) is -0.792. The standard InChI is InChI=1S/C13H19NO2S/c1-4-12(13(15)16)14-9(2)10-5-7-11(17-3)8-6-10/h5-9,12,14H,4H2,1-3H3,(H,15,16). The molecular weight excluding hydrogens is 234 g/mol. The van der Waals surface area contributed by atoms with Gasteiger partial charge in [-0.15, -0.1) is 11.8 Å². The van der Waals surface area contributed by atoms with Crippen molar-refractivity contribution < 1.29 is 9.90 Å². The van der Waals surface area contributed by atoms with E-state index in [1.54, 1.807) is 11.8 Å². The van der Waals surface area contributed by atoms with Crippen LogP contribution in [0.2, 0.25) is 0 Å². The molecule has 0 aliphatic heterocycles. The van der Waals surface area contributed by atoms with Crippen LogP contribution in [-0.2, 0) is 4.79 Å². The van der Waals surface area contributed by atoms with Crippen LogP contribution < -0.4 is 5.32 Å². The van der Waals surface area contributed by atoms with E-state index in [0.717, 1.165) is 5.56 Å². The van der Waals surface area contributed by atoms with E-state index in [-0.39, 0.29) is 6.04 Å². The summed E-state index contributed by atoms with van der Waals surface area (Å²) < 4.78 is 0. The van der Waals surface area contributed by atoms with E-state index in [1.165, 1.54) is 4.90 Å². The highest BCUT2D eigenvalue weighted by Gasteiger charge is 2.17. The number of hydrogen-bond acceptors (Lipinski definition) is 3. The van der Waals surface area contributed by atoms with E-state index < -0.39 is 12.0 Å². The molecule has 0 radical (unpaired) electrons. The van der Waals surface area contributed by atoms with Crippen molar-refractivity contribution >= 4 is 17.7 Å². The normalized spacial score (nSPS) is 14.3. The molecule has 0 bridgehead atoms. The number of nitrogens with one attached hydrogen (secondary N) is 1. The number of aliphatic carboxylic acids is 1. The van der Waals surface area contributed by atoms with Gasteiger partial charge in [0.2, 0.25) is 0 Å². The van der Waals surface area contributed by atoms with Crippen LogP contribution in [0.3, 0.4) is 0 Å². The first-order valence-electron chi connectivity index (χ1n) is 5.71. The van der Waals surface area contributed by atoms with Crippen molar-refractivity contribution in [3.8, 4) is 0 Å². The highest BCUT2D eigenvalue weighted by molar-refractivity contribution is 7.98. The first kappa shape index (κ1) is 14.1. The maximum Gasteiger partial charge on any atom is 0.320 e. The summed E-state index contributed by atoms with van der Waals surface area (Å²) in [6.07, 6.45) is 2.62. The molecule has 2 N–H and O–H groups in total. The molecule has 0 spiro atoms. The lowest BCUT2D eigenvalue weighted by atomic mass is 10.1. The van der Waals surface area contributed by atoms with Gasteiger partial charge in [0, 0.05) is 10.9 Å². The Morgan fingerprint density at radius 1 is 1.41 bits per heavy atom. The Kier molecular flexibility index (Phi) is 5.51. The summed E-state index contributed by atoms with van der Waals surface area (Å²) in [6, 6.07) is 7.76. The van der Waals surface area contributed by atoms with Crippen LogP contribution in [0.4, 0.5) is 0 Å². The summed E-state index contributed by atoms with van der Waals surface area (Å²) in [4.78, 5) is 12.1. The fraction of sp³-hybridized carbons (Fsp3) is 0.462. The SMILES string of the molecule is CCC(NC(C)c1ccc(SC)cc1)C(=O)O. The second-order valence-corrected chi connectivity index (χ2v) is 4.84. The average Bonchev–Trinajstić information content (AvgIpc) is 2.35. The predicted octanol–water partition coefficient (Wildman–Crippen LogP) is 2.92. The van der Waals surface area contributed by atoms with Crippen LogP contribution in [0.1, 0.15) is 31.9 Å². The molecule has 17 heavy (non-hydrogen) atoms. The largest absolute Gasteiger partial charge is 0.480 e. The van der Waals surface area contributed by atoms with E-state index in [2.05, 4.69) is 17.4 Å². The molecule has 1 rings (SSSR count). The fourth-order valence-electron chi connectivity index (χ4n) is 1.65. The Labute approximate surface area is 107 Å². The van der Waals surface area contributed by atoms with Crippen LogP contribution >= 0.6 is 11.8 Å². The lowest BCUT2D eigenvalue weighted by Crippen LogP contribution is -2.37. The number of carboxylic acids is 1. The van der Waals surface area contributed by atoms with Gasteiger partial charge in [-0.1, -0.05) is 19.1 Å². The van der Waals surface area contributed by atoms with Crippen molar-refractivity contribution in [1.29, 1.82) is 0 Å². The molecule has 3 nitrogen and oxygen atoms in total. The van der Waals surface area contributed by atoms with Crippen molar-refractivity contribution in [2.75, 3.05) is 6.26 Å². The third-order valence-corrected chi connectivity index (χ3v) is 3.52. The Balaban J connectivity index is 2.68. The molecule has 0 aromatic heterocycles. The minimum Gasteiger partial charge on any atom is -0.480 e. The van der Waals surface area contributed by atoms with E-state index in [1.807, 2.05) is 32.2 Å². The van der Waals surface area contributed by atoms with Gasteiger partial charge in [0.05, 0.1) is 0 Å². The van der Waals surface area contributed by atoms with Crippen LogP contribution in [0.25, 0.3) is 0 Å². The molecule has 0 saturated heterocycles. The van der Waals surface area contributed by atoms with Gasteiger partial charge in [-0.3, -0.25) is 10.1 Å². The smallest absolute Gasteiger partial charge is 0.320 e. The fourth-order valence-corrected chi connectivity index (χ4v) is 2.06. The Bertz CT molecular complexity index is 364. The number of rotatable bonds is 6. The zero-order valence-corrected chi connectivity index (χ0v) is 11.3. The zero-order valence-electron chi connectivity index (χ0n) is 10.4. The topological polar surface area (TPSA) is 49.3 Å². The Morgan fingerprint density at radius 2 is 2.00 bits per heavy atom. The van der Waals surface area contributed by atoms with Crippen molar-refractivity contribution in [2.45, 2.75) is 37.2 Å². The quantitative estimate of drug-likeness (QED) is 0.765. The van der Waals surface area contributed by atoms with Crippen molar-refractivity contribution in [1.82, 2.24) is 5.32 Å². The van der Waals surface area contributed by atoms with E-state index in [4.69, 9.17) is 5.11 Å².